The van der Waals surface area contributed by atoms with Gasteiger partial charge in [0.05, 0.1) is 11.2 Å². The van der Waals surface area contributed by atoms with Crippen LogP contribution in [0.15, 0.2) is 28.8 Å². The first-order valence-electron chi connectivity index (χ1n) is 8.86. The summed E-state index contributed by atoms with van der Waals surface area (Å²) in [5.74, 6) is 2.18. The van der Waals surface area contributed by atoms with Crippen molar-refractivity contribution in [1.82, 2.24) is 9.88 Å². The highest BCUT2D eigenvalue weighted by Crippen LogP contribution is 2.31. The maximum atomic E-state index is 12.5. The normalized spacial score (nSPS) is 20.4. The van der Waals surface area contributed by atoms with Crippen LogP contribution in [-0.2, 0) is 11.2 Å². The van der Waals surface area contributed by atoms with E-state index in [-0.39, 0.29) is 5.91 Å². The molecule has 2 unspecified atom stereocenters. The molecule has 0 radical (unpaired) electrons. The number of hydrogen-bond donors (Lipinski definition) is 1. The quantitative estimate of drug-likeness (QED) is 0.829. The number of piperidine rings is 1. The predicted molar refractivity (Wildman–Crippen MR) is 103 cm³/mol. The zero-order valence-electron chi connectivity index (χ0n) is 14.8. The molecule has 140 valence electrons. The van der Waals surface area contributed by atoms with Crippen LogP contribution in [0, 0.1) is 11.8 Å². The average molecular weight is 396 g/mol. The third-order valence-electron chi connectivity index (χ3n) is 5.07. The first-order chi connectivity index (χ1) is 12.5. The fourth-order valence-corrected chi connectivity index (χ4v) is 3.80. The van der Waals surface area contributed by atoms with Gasteiger partial charge in [-0.05, 0) is 43.0 Å². The lowest BCUT2D eigenvalue weighted by atomic mass is 9.87. The number of carbonyl (C=O) groups is 1. The molecule has 0 aliphatic carbocycles. The Bertz CT molecular complexity index is 778. The summed E-state index contributed by atoms with van der Waals surface area (Å²) in [7, 11) is 0. The number of aromatic nitrogens is 1. The third kappa shape index (κ3) is 4.40. The number of amides is 1. The SMILES string of the molecule is CC1CCN(C(=O)CCc2ncc(-c3ccc(Cl)cc3Cl)o2)CC1CN. The molecule has 2 heterocycles. The van der Waals surface area contributed by atoms with Crippen molar-refractivity contribution in [2.24, 2.45) is 17.6 Å². The molecule has 1 amide bonds. The van der Waals surface area contributed by atoms with Crippen LogP contribution < -0.4 is 5.73 Å². The number of likely N-dealkylation sites (tertiary alicyclic amines) is 1. The molecule has 1 aliphatic heterocycles. The van der Waals surface area contributed by atoms with Crippen molar-refractivity contribution in [2.75, 3.05) is 19.6 Å². The molecule has 26 heavy (non-hydrogen) atoms. The number of carbonyl (C=O) groups excluding carboxylic acids is 1. The van der Waals surface area contributed by atoms with Gasteiger partial charge < -0.3 is 15.1 Å². The first kappa shape index (κ1) is 19.2. The zero-order valence-corrected chi connectivity index (χ0v) is 16.3. The van der Waals surface area contributed by atoms with E-state index in [2.05, 4.69) is 11.9 Å². The monoisotopic (exact) mass is 395 g/mol. The van der Waals surface area contributed by atoms with E-state index in [4.69, 9.17) is 33.4 Å². The summed E-state index contributed by atoms with van der Waals surface area (Å²) in [5, 5.41) is 1.07. The Balaban J connectivity index is 1.59. The molecule has 1 fully saturated rings. The summed E-state index contributed by atoms with van der Waals surface area (Å²) < 4.78 is 5.76. The average Bonchev–Trinajstić information content (AvgIpc) is 3.08. The topological polar surface area (TPSA) is 72.4 Å². The maximum Gasteiger partial charge on any atom is 0.223 e. The molecule has 0 spiro atoms. The number of nitrogens with zero attached hydrogens (tertiary/aromatic N) is 2. The maximum absolute atomic E-state index is 12.5. The second kappa shape index (κ2) is 8.42. The highest BCUT2D eigenvalue weighted by molar-refractivity contribution is 6.36. The van der Waals surface area contributed by atoms with Crippen molar-refractivity contribution in [3.05, 3.63) is 40.3 Å². The van der Waals surface area contributed by atoms with E-state index in [0.717, 1.165) is 25.1 Å². The van der Waals surface area contributed by atoms with Gasteiger partial charge in [0.1, 0.15) is 0 Å². The van der Waals surface area contributed by atoms with E-state index in [9.17, 15) is 4.79 Å². The Labute approximate surface area is 163 Å². The van der Waals surface area contributed by atoms with E-state index in [1.807, 2.05) is 4.90 Å². The summed E-state index contributed by atoms with van der Waals surface area (Å²) >= 11 is 12.1. The minimum Gasteiger partial charge on any atom is -0.441 e. The number of rotatable bonds is 5. The number of aryl methyl sites for hydroxylation is 1. The lowest BCUT2D eigenvalue weighted by molar-refractivity contribution is -0.133. The molecule has 1 aromatic heterocycles. The van der Waals surface area contributed by atoms with Gasteiger partial charge in [0.2, 0.25) is 5.91 Å². The van der Waals surface area contributed by atoms with Crippen molar-refractivity contribution in [3.8, 4) is 11.3 Å². The standard InChI is InChI=1S/C19H23Cl2N3O2/c1-12-6-7-24(11-13(12)9-22)19(25)5-4-18-23-10-17(26-18)15-3-2-14(20)8-16(15)21/h2-3,8,10,12-13H,4-7,9,11,22H2,1H3. The zero-order chi connectivity index (χ0) is 18.7. The smallest absolute Gasteiger partial charge is 0.223 e. The number of nitrogens with two attached hydrogens (primary N) is 1. The van der Waals surface area contributed by atoms with Crippen molar-refractivity contribution in [3.63, 3.8) is 0 Å². The van der Waals surface area contributed by atoms with Crippen molar-refractivity contribution >= 4 is 29.1 Å². The Kier molecular flexibility index (Phi) is 6.22. The van der Waals surface area contributed by atoms with Crippen LogP contribution in [0.25, 0.3) is 11.3 Å². The van der Waals surface area contributed by atoms with E-state index in [1.165, 1.54) is 0 Å². The lowest BCUT2D eigenvalue weighted by Gasteiger charge is -2.36. The van der Waals surface area contributed by atoms with Gasteiger partial charge in [-0.1, -0.05) is 30.1 Å². The van der Waals surface area contributed by atoms with Gasteiger partial charge in [-0.15, -0.1) is 0 Å². The van der Waals surface area contributed by atoms with Gasteiger partial charge in [-0.3, -0.25) is 4.79 Å². The summed E-state index contributed by atoms with van der Waals surface area (Å²) in [6, 6.07) is 5.21. The molecule has 1 saturated heterocycles. The van der Waals surface area contributed by atoms with Gasteiger partial charge in [0.25, 0.3) is 0 Å². The van der Waals surface area contributed by atoms with Crippen molar-refractivity contribution < 1.29 is 9.21 Å². The molecular weight excluding hydrogens is 373 g/mol. The molecule has 3 rings (SSSR count). The number of hydrogen-bond acceptors (Lipinski definition) is 4. The number of halogens is 2. The van der Waals surface area contributed by atoms with Crippen LogP contribution in [0.1, 0.15) is 25.7 Å². The van der Waals surface area contributed by atoms with Crippen LogP contribution in [0.2, 0.25) is 10.0 Å². The molecule has 5 nitrogen and oxygen atoms in total. The summed E-state index contributed by atoms with van der Waals surface area (Å²) in [4.78, 5) is 18.7. The molecule has 7 heteroatoms. The molecule has 0 saturated carbocycles. The minimum absolute atomic E-state index is 0.125. The summed E-state index contributed by atoms with van der Waals surface area (Å²) in [6.07, 6.45) is 3.47. The minimum atomic E-state index is 0.125. The highest BCUT2D eigenvalue weighted by atomic mass is 35.5. The Morgan fingerprint density at radius 3 is 2.96 bits per heavy atom. The fourth-order valence-electron chi connectivity index (χ4n) is 3.29. The van der Waals surface area contributed by atoms with E-state index < -0.39 is 0 Å². The predicted octanol–water partition coefficient (Wildman–Crippen LogP) is 4.02. The number of benzene rings is 1. The Morgan fingerprint density at radius 2 is 2.23 bits per heavy atom. The van der Waals surface area contributed by atoms with E-state index in [0.29, 0.717) is 52.9 Å². The van der Waals surface area contributed by atoms with Gasteiger partial charge in [-0.2, -0.15) is 0 Å². The molecule has 1 aromatic carbocycles. The van der Waals surface area contributed by atoms with Gasteiger partial charge in [0.15, 0.2) is 11.7 Å². The second-order valence-corrected chi connectivity index (χ2v) is 7.69. The molecule has 2 atom stereocenters. The van der Waals surface area contributed by atoms with Crippen molar-refractivity contribution in [1.29, 1.82) is 0 Å². The van der Waals surface area contributed by atoms with E-state index in [1.54, 1.807) is 24.4 Å². The second-order valence-electron chi connectivity index (χ2n) is 6.84. The first-order valence-corrected chi connectivity index (χ1v) is 9.61. The molecule has 0 bridgehead atoms. The van der Waals surface area contributed by atoms with Gasteiger partial charge in [0, 0.05) is 36.5 Å². The van der Waals surface area contributed by atoms with Gasteiger partial charge in [-0.25, -0.2) is 4.98 Å². The molecular formula is C19H23Cl2N3O2. The van der Waals surface area contributed by atoms with Crippen molar-refractivity contribution in [2.45, 2.75) is 26.2 Å². The summed E-state index contributed by atoms with van der Waals surface area (Å²) in [6.45, 7) is 4.37. The lowest BCUT2D eigenvalue weighted by Crippen LogP contribution is -2.45. The molecule has 2 N–H and O–H groups in total. The van der Waals surface area contributed by atoms with Crippen LogP contribution in [0.3, 0.4) is 0 Å². The van der Waals surface area contributed by atoms with Crippen LogP contribution >= 0.6 is 23.2 Å². The molecule has 2 aromatic rings. The van der Waals surface area contributed by atoms with Crippen LogP contribution in [-0.4, -0.2) is 35.4 Å². The Morgan fingerprint density at radius 1 is 1.42 bits per heavy atom. The third-order valence-corrected chi connectivity index (χ3v) is 5.62. The Hall–Kier alpha value is -1.56. The van der Waals surface area contributed by atoms with Crippen LogP contribution in [0.4, 0.5) is 0 Å². The van der Waals surface area contributed by atoms with Crippen LogP contribution in [0.5, 0.6) is 0 Å². The summed E-state index contributed by atoms with van der Waals surface area (Å²) in [5.41, 5.74) is 6.55. The highest BCUT2D eigenvalue weighted by Gasteiger charge is 2.27. The largest absolute Gasteiger partial charge is 0.441 e. The molecule has 1 aliphatic rings. The van der Waals surface area contributed by atoms with E-state index >= 15 is 0 Å². The number of oxazole rings is 1. The van der Waals surface area contributed by atoms with Gasteiger partial charge >= 0.3 is 0 Å². The fraction of sp³-hybridized carbons (Fsp3) is 0.474.